The van der Waals surface area contributed by atoms with E-state index in [-0.39, 0.29) is 0 Å². The van der Waals surface area contributed by atoms with E-state index >= 15 is 0 Å². The maximum atomic E-state index is 5.48. The lowest BCUT2D eigenvalue weighted by Crippen LogP contribution is -2.37. The number of aromatic nitrogens is 3. The van der Waals surface area contributed by atoms with E-state index in [9.17, 15) is 0 Å². The Bertz CT molecular complexity index is 875. The molecule has 0 aliphatic carbocycles. The van der Waals surface area contributed by atoms with Crippen LogP contribution < -0.4 is 10.2 Å². The molecule has 0 unspecified atom stereocenters. The van der Waals surface area contributed by atoms with Crippen LogP contribution in [-0.2, 0) is 17.6 Å². The molecule has 1 aliphatic rings. The highest BCUT2D eigenvalue weighted by molar-refractivity contribution is 7.11. The number of nitrogens with zero attached hydrogens (tertiary/aromatic N) is 4. The minimum Gasteiger partial charge on any atom is -0.378 e. The van der Waals surface area contributed by atoms with Crippen LogP contribution in [0.3, 0.4) is 0 Å². The summed E-state index contributed by atoms with van der Waals surface area (Å²) in [5, 5.41) is 4.65. The number of para-hydroxylation sites is 2. The van der Waals surface area contributed by atoms with E-state index in [0.29, 0.717) is 0 Å². The van der Waals surface area contributed by atoms with Crippen molar-refractivity contribution in [3.8, 4) is 0 Å². The summed E-state index contributed by atoms with van der Waals surface area (Å²) < 4.78 is 5.48. The highest BCUT2D eigenvalue weighted by atomic mass is 32.1. The zero-order valence-electron chi connectivity index (χ0n) is 14.9. The van der Waals surface area contributed by atoms with Gasteiger partial charge in [-0.25, -0.2) is 15.0 Å². The van der Waals surface area contributed by atoms with Crippen molar-refractivity contribution in [1.82, 2.24) is 15.0 Å². The lowest BCUT2D eigenvalue weighted by molar-refractivity contribution is 0.122. The average Bonchev–Trinajstić information content (AvgIpc) is 3.16. The molecule has 2 aromatic heterocycles. The number of aryl methyl sites for hydroxylation is 1. The van der Waals surface area contributed by atoms with Gasteiger partial charge in [-0.1, -0.05) is 19.1 Å². The van der Waals surface area contributed by atoms with Crippen molar-refractivity contribution in [2.75, 3.05) is 43.1 Å². The van der Waals surface area contributed by atoms with E-state index < -0.39 is 0 Å². The summed E-state index contributed by atoms with van der Waals surface area (Å²) in [6.45, 7) is 6.09. The highest BCUT2D eigenvalue weighted by Gasteiger charge is 2.18. The minimum atomic E-state index is 0.729. The summed E-state index contributed by atoms with van der Waals surface area (Å²) >= 11 is 1.79. The summed E-state index contributed by atoms with van der Waals surface area (Å²) in [4.78, 5) is 17.8. The number of ether oxygens (including phenoxy) is 1. The van der Waals surface area contributed by atoms with Gasteiger partial charge in [0.2, 0.25) is 0 Å². The van der Waals surface area contributed by atoms with Crippen LogP contribution in [-0.4, -0.2) is 47.8 Å². The molecule has 0 saturated carbocycles. The average molecular weight is 369 g/mol. The lowest BCUT2D eigenvalue weighted by atomic mass is 10.3. The van der Waals surface area contributed by atoms with Gasteiger partial charge in [0, 0.05) is 37.1 Å². The fourth-order valence-electron chi connectivity index (χ4n) is 3.02. The van der Waals surface area contributed by atoms with E-state index in [2.05, 4.69) is 22.1 Å². The number of thiazole rings is 1. The predicted octanol–water partition coefficient (Wildman–Crippen LogP) is 3.14. The lowest BCUT2D eigenvalue weighted by Gasteiger charge is -2.29. The Morgan fingerprint density at radius 2 is 1.92 bits per heavy atom. The molecule has 3 heterocycles. The van der Waals surface area contributed by atoms with E-state index in [1.54, 1.807) is 11.3 Å². The molecule has 1 fully saturated rings. The molecular weight excluding hydrogens is 346 g/mol. The standard InChI is InChI=1S/C19H23N5OS/c1-2-14-13-21-17(26-14)7-8-20-18-19(24-9-11-25-12-10-24)23-16-6-4-3-5-15(16)22-18/h3-6,13H,2,7-12H2,1H3,(H,20,22). The SMILES string of the molecule is CCc1cnc(CCNc2nc3ccccc3nc2N2CCOCC2)s1. The Balaban J connectivity index is 1.55. The van der Waals surface area contributed by atoms with Crippen molar-refractivity contribution in [2.24, 2.45) is 0 Å². The molecule has 0 bridgehead atoms. The fraction of sp³-hybridized carbons (Fsp3) is 0.421. The smallest absolute Gasteiger partial charge is 0.172 e. The van der Waals surface area contributed by atoms with Crippen molar-refractivity contribution in [3.05, 3.63) is 40.3 Å². The summed E-state index contributed by atoms with van der Waals surface area (Å²) in [5.41, 5.74) is 1.83. The van der Waals surface area contributed by atoms with Gasteiger partial charge in [0.05, 0.1) is 29.3 Å². The van der Waals surface area contributed by atoms with Gasteiger partial charge >= 0.3 is 0 Å². The number of hydrogen-bond acceptors (Lipinski definition) is 7. The maximum absolute atomic E-state index is 5.48. The second-order valence-electron chi connectivity index (χ2n) is 6.23. The van der Waals surface area contributed by atoms with Crippen LogP contribution in [0.25, 0.3) is 11.0 Å². The molecule has 0 amide bonds. The molecule has 0 atom stereocenters. The van der Waals surface area contributed by atoms with Crippen LogP contribution in [0, 0.1) is 0 Å². The zero-order valence-corrected chi connectivity index (χ0v) is 15.8. The van der Waals surface area contributed by atoms with Gasteiger partial charge in [-0.3, -0.25) is 0 Å². The van der Waals surface area contributed by atoms with Crippen LogP contribution in [0.15, 0.2) is 30.5 Å². The number of benzene rings is 1. The Hall–Kier alpha value is -2.25. The van der Waals surface area contributed by atoms with Crippen molar-refractivity contribution in [3.63, 3.8) is 0 Å². The molecule has 0 spiro atoms. The van der Waals surface area contributed by atoms with Gasteiger partial charge in [0.25, 0.3) is 0 Å². The second-order valence-corrected chi connectivity index (χ2v) is 7.43. The van der Waals surface area contributed by atoms with Gasteiger partial charge in [0.1, 0.15) is 0 Å². The van der Waals surface area contributed by atoms with Gasteiger partial charge in [0.15, 0.2) is 11.6 Å². The van der Waals surface area contributed by atoms with Crippen molar-refractivity contribution < 1.29 is 4.74 Å². The molecule has 6 nitrogen and oxygen atoms in total. The second kappa shape index (κ2) is 7.97. The number of fused-ring (bicyclic) bond motifs is 1. The van der Waals surface area contributed by atoms with E-state index in [0.717, 1.165) is 73.4 Å². The highest BCUT2D eigenvalue weighted by Crippen LogP contribution is 2.26. The third-order valence-corrected chi connectivity index (χ3v) is 5.65. The largest absolute Gasteiger partial charge is 0.378 e. The maximum Gasteiger partial charge on any atom is 0.172 e. The molecule has 4 rings (SSSR count). The van der Waals surface area contributed by atoms with Crippen LogP contribution in [0.5, 0.6) is 0 Å². The third-order valence-electron chi connectivity index (χ3n) is 4.44. The molecule has 1 N–H and O–H groups in total. The summed E-state index contributed by atoms with van der Waals surface area (Å²) in [5.74, 6) is 1.76. The molecule has 1 aliphatic heterocycles. The zero-order chi connectivity index (χ0) is 17.8. The van der Waals surface area contributed by atoms with Gasteiger partial charge in [-0.15, -0.1) is 11.3 Å². The Kier molecular flexibility index (Phi) is 5.26. The third kappa shape index (κ3) is 3.78. The number of anilines is 2. The molecule has 136 valence electrons. The molecule has 26 heavy (non-hydrogen) atoms. The number of morpholine rings is 1. The number of hydrogen-bond donors (Lipinski definition) is 1. The Labute approximate surface area is 157 Å². The van der Waals surface area contributed by atoms with Crippen LogP contribution in [0.1, 0.15) is 16.8 Å². The molecule has 1 aromatic carbocycles. The Morgan fingerprint density at radius 3 is 2.65 bits per heavy atom. The van der Waals surface area contributed by atoms with Crippen LogP contribution >= 0.6 is 11.3 Å². The Morgan fingerprint density at radius 1 is 1.15 bits per heavy atom. The first kappa shape index (κ1) is 17.2. The van der Waals surface area contributed by atoms with E-state index in [1.807, 2.05) is 30.5 Å². The molecule has 3 aromatic rings. The monoisotopic (exact) mass is 369 g/mol. The van der Waals surface area contributed by atoms with Gasteiger partial charge in [-0.2, -0.15) is 0 Å². The van der Waals surface area contributed by atoms with Crippen molar-refractivity contribution in [1.29, 1.82) is 0 Å². The number of rotatable bonds is 6. The molecule has 7 heteroatoms. The van der Waals surface area contributed by atoms with Crippen molar-refractivity contribution >= 4 is 34.0 Å². The van der Waals surface area contributed by atoms with E-state index in [1.165, 1.54) is 4.88 Å². The quantitative estimate of drug-likeness (QED) is 0.720. The predicted molar refractivity (Wildman–Crippen MR) is 106 cm³/mol. The summed E-state index contributed by atoms with van der Waals surface area (Å²) in [6.07, 6.45) is 3.92. The summed E-state index contributed by atoms with van der Waals surface area (Å²) in [7, 11) is 0. The van der Waals surface area contributed by atoms with Crippen LogP contribution in [0.2, 0.25) is 0 Å². The fourth-order valence-corrected chi connectivity index (χ4v) is 3.88. The topological polar surface area (TPSA) is 63.2 Å². The minimum absolute atomic E-state index is 0.729. The summed E-state index contributed by atoms with van der Waals surface area (Å²) in [6, 6.07) is 8.01. The molecular formula is C19H23N5OS. The van der Waals surface area contributed by atoms with Gasteiger partial charge < -0.3 is 15.0 Å². The molecule has 0 radical (unpaired) electrons. The first-order valence-corrected chi connectivity index (χ1v) is 9.92. The first-order chi connectivity index (χ1) is 12.8. The molecule has 1 saturated heterocycles. The van der Waals surface area contributed by atoms with Crippen LogP contribution in [0.4, 0.5) is 11.6 Å². The first-order valence-electron chi connectivity index (χ1n) is 9.10. The normalized spacial score (nSPS) is 14.7. The van der Waals surface area contributed by atoms with E-state index in [4.69, 9.17) is 14.7 Å². The van der Waals surface area contributed by atoms with Gasteiger partial charge in [-0.05, 0) is 18.6 Å². The number of nitrogens with one attached hydrogen (secondary N) is 1. The van der Waals surface area contributed by atoms with Crippen molar-refractivity contribution in [2.45, 2.75) is 19.8 Å².